The van der Waals surface area contributed by atoms with Crippen molar-refractivity contribution in [2.45, 2.75) is 18.7 Å². The van der Waals surface area contributed by atoms with Gasteiger partial charge >= 0.3 is 5.97 Å². The molecule has 5 rings (SSSR count). The number of fused-ring (bicyclic) bond motifs is 6. The minimum atomic E-state index is -1.23. The van der Waals surface area contributed by atoms with Crippen molar-refractivity contribution in [1.29, 1.82) is 0 Å². The summed E-state index contributed by atoms with van der Waals surface area (Å²) in [5, 5.41) is 10.9. The van der Waals surface area contributed by atoms with E-state index in [1.54, 1.807) is 31.2 Å². The average Bonchev–Trinajstić information content (AvgIpc) is 3.06. The SMILES string of the molecule is COC(=O)C1C2c3ccccc3OC1(C)N=c1s/c(=C/c3ccc([N+](=O)[O-])cc3)c(=O)n12. The number of methoxy groups -OCH3 is 1. The maximum Gasteiger partial charge on any atom is 0.317 e. The second-order valence-electron chi connectivity index (χ2n) is 7.67. The molecule has 3 aromatic rings. The van der Waals surface area contributed by atoms with E-state index in [-0.39, 0.29) is 11.2 Å². The number of hydrogen-bond donors (Lipinski definition) is 0. The van der Waals surface area contributed by atoms with Gasteiger partial charge in [-0.25, -0.2) is 4.99 Å². The number of nitrogens with zero attached hydrogens (tertiary/aromatic N) is 3. The Kier molecular flexibility index (Phi) is 4.48. The van der Waals surface area contributed by atoms with Gasteiger partial charge in [-0.1, -0.05) is 29.5 Å². The van der Waals surface area contributed by atoms with Gasteiger partial charge in [0.2, 0.25) is 5.72 Å². The molecule has 0 fully saturated rings. The highest BCUT2D eigenvalue weighted by molar-refractivity contribution is 7.07. The van der Waals surface area contributed by atoms with Crippen LogP contribution in [-0.2, 0) is 9.53 Å². The maximum atomic E-state index is 13.4. The highest BCUT2D eigenvalue weighted by Gasteiger charge is 2.55. The normalized spacial score (nSPS) is 23.4. The Bertz CT molecular complexity index is 1440. The quantitative estimate of drug-likeness (QED) is 0.341. The van der Waals surface area contributed by atoms with Crippen molar-refractivity contribution in [2.75, 3.05) is 7.11 Å². The van der Waals surface area contributed by atoms with E-state index < -0.39 is 28.6 Å². The van der Waals surface area contributed by atoms with Crippen molar-refractivity contribution in [3.05, 3.63) is 89.5 Å². The number of ether oxygens (including phenoxy) is 2. The van der Waals surface area contributed by atoms with Crippen molar-refractivity contribution in [2.24, 2.45) is 10.9 Å². The highest BCUT2D eigenvalue weighted by Crippen LogP contribution is 2.47. The van der Waals surface area contributed by atoms with Crippen LogP contribution in [0.15, 0.2) is 58.3 Å². The largest absolute Gasteiger partial charge is 0.469 e. The molecule has 1 aromatic heterocycles. The van der Waals surface area contributed by atoms with E-state index in [1.807, 2.05) is 18.2 Å². The number of nitro groups is 1. The standard InChI is InChI=1S/C22H17N3O6S/c1-22-17(20(27)30-2)18(14-5-3-4-6-15(14)31-22)24-19(26)16(32-21(24)23-22)11-12-7-9-13(10-8-12)25(28)29/h3-11,17-18H,1-2H3/b16-11+. The Labute approximate surface area is 185 Å². The van der Waals surface area contributed by atoms with Crippen LogP contribution in [0.3, 0.4) is 0 Å². The first kappa shape index (κ1) is 20.1. The van der Waals surface area contributed by atoms with Crippen LogP contribution in [0.25, 0.3) is 6.08 Å². The molecule has 2 aromatic carbocycles. The van der Waals surface area contributed by atoms with Gasteiger partial charge in [0.1, 0.15) is 11.7 Å². The van der Waals surface area contributed by atoms with Crippen LogP contribution in [0.1, 0.15) is 24.1 Å². The van der Waals surface area contributed by atoms with Gasteiger partial charge in [-0.3, -0.25) is 24.3 Å². The Balaban J connectivity index is 1.73. The lowest BCUT2D eigenvalue weighted by Crippen LogP contribution is -2.58. The van der Waals surface area contributed by atoms with E-state index in [0.29, 0.717) is 26.2 Å². The van der Waals surface area contributed by atoms with Crippen LogP contribution in [-0.4, -0.2) is 28.3 Å². The lowest BCUT2D eigenvalue weighted by atomic mass is 9.81. The number of rotatable bonds is 3. The zero-order valence-corrected chi connectivity index (χ0v) is 17.9. The van der Waals surface area contributed by atoms with Gasteiger partial charge in [0.15, 0.2) is 4.80 Å². The number of benzene rings is 2. The van der Waals surface area contributed by atoms with Gasteiger partial charge in [0, 0.05) is 17.7 Å². The number of aromatic nitrogens is 1. The Morgan fingerprint density at radius 1 is 1.28 bits per heavy atom. The third-order valence-corrected chi connectivity index (χ3v) is 6.72. The van der Waals surface area contributed by atoms with Crippen molar-refractivity contribution in [1.82, 2.24) is 4.57 Å². The van der Waals surface area contributed by atoms with Crippen molar-refractivity contribution < 1.29 is 19.2 Å². The summed E-state index contributed by atoms with van der Waals surface area (Å²) in [4.78, 5) is 41.7. The molecule has 0 amide bonds. The van der Waals surface area contributed by atoms with E-state index in [9.17, 15) is 19.7 Å². The number of para-hydroxylation sites is 1. The molecule has 32 heavy (non-hydrogen) atoms. The molecule has 2 bridgehead atoms. The summed E-state index contributed by atoms with van der Waals surface area (Å²) in [6.07, 6.45) is 1.66. The average molecular weight is 451 g/mol. The summed E-state index contributed by atoms with van der Waals surface area (Å²) in [6, 6.07) is 12.5. The molecule has 9 nitrogen and oxygen atoms in total. The molecule has 2 aliphatic rings. The fourth-order valence-corrected chi connectivity index (χ4v) is 5.37. The summed E-state index contributed by atoms with van der Waals surface area (Å²) >= 11 is 1.18. The van der Waals surface area contributed by atoms with Gasteiger partial charge in [-0.2, -0.15) is 0 Å². The van der Waals surface area contributed by atoms with E-state index in [0.717, 1.165) is 0 Å². The molecule has 3 heterocycles. The molecule has 0 N–H and O–H groups in total. The number of hydrogen-bond acceptors (Lipinski definition) is 8. The molecule has 0 saturated carbocycles. The van der Waals surface area contributed by atoms with Crippen molar-refractivity contribution in [3.63, 3.8) is 0 Å². The third kappa shape index (κ3) is 2.94. The summed E-state index contributed by atoms with van der Waals surface area (Å²) in [6.45, 7) is 1.71. The molecular weight excluding hydrogens is 434 g/mol. The van der Waals surface area contributed by atoms with Crippen LogP contribution >= 0.6 is 11.3 Å². The predicted molar refractivity (Wildman–Crippen MR) is 115 cm³/mol. The van der Waals surface area contributed by atoms with Crippen LogP contribution in [0.5, 0.6) is 5.75 Å². The van der Waals surface area contributed by atoms with E-state index in [2.05, 4.69) is 4.99 Å². The summed E-state index contributed by atoms with van der Waals surface area (Å²) in [7, 11) is 1.30. The molecule has 162 valence electrons. The van der Waals surface area contributed by atoms with Gasteiger partial charge in [0.05, 0.1) is 22.6 Å². The lowest BCUT2D eigenvalue weighted by Gasteiger charge is -2.44. The Hall–Kier alpha value is -3.79. The molecule has 0 saturated heterocycles. The van der Waals surface area contributed by atoms with E-state index in [1.165, 1.54) is 35.1 Å². The number of non-ortho nitro benzene ring substituents is 1. The minimum absolute atomic E-state index is 0.0317. The monoisotopic (exact) mass is 451 g/mol. The first-order valence-corrected chi connectivity index (χ1v) is 10.6. The number of carbonyl (C=O) groups is 1. The lowest BCUT2D eigenvalue weighted by molar-refractivity contribution is -0.384. The Morgan fingerprint density at radius 2 is 2.00 bits per heavy atom. The summed E-state index contributed by atoms with van der Waals surface area (Å²) in [5.74, 6) is -0.789. The number of nitro benzene ring substituents is 1. The fraction of sp³-hybridized carbons (Fsp3) is 0.227. The zero-order chi connectivity index (χ0) is 22.6. The third-order valence-electron chi connectivity index (χ3n) is 5.74. The molecule has 10 heteroatoms. The molecular formula is C22H17N3O6S. The van der Waals surface area contributed by atoms with Gasteiger partial charge in [-0.15, -0.1) is 0 Å². The molecule has 3 unspecified atom stereocenters. The second kappa shape index (κ2) is 7.13. The summed E-state index contributed by atoms with van der Waals surface area (Å²) < 4.78 is 13.1. The number of esters is 1. The Morgan fingerprint density at radius 3 is 2.69 bits per heavy atom. The van der Waals surface area contributed by atoms with Crippen molar-refractivity contribution in [3.8, 4) is 5.75 Å². The van der Waals surface area contributed by atoms with Crippen LogP contribution in [0.4, 0.5) is 5.69 Å². The van der Waals surface area contributed by atoms with E-state index >= 15 is 0 Å². The first-order valence-electron chi connectivity index (χ1n) is 9.75. The number of thiazole rings is 1. The van der Waals surface area contributed by atoms with Crippen molar-refractivity contribution >= 4 is 29.1 Å². The molecule has 0 radical (unpaired) electrons. The molecule has 2 aliphatic heterocycles. The second-order valence-corrected chi connectivity index (χ2v) is 8.68. The zero-order valence-electron chi connectivity index (χ0n) is 17.1. The topological polar surface area (TPSA) is 113 Å². The fourth-order valence-electron chi connectivity index (χ4n) is 4.27. The van der Waals surface area contributed by atoms with Gasteiger partial charge in [-0.05, 0) is 36.8 Å². The molecule has 0 aliphatic carbocycles. The molecule has 3 atom stereocenters. The first-order chi connectivity index (χ1) is 15.3. The predicted octanol–water partition coefficient (Wildman–Crippen LogP) is 1.77. The smallest absolute Gasteiger partial charge is 0.317 e. The van der Waals surface area contributed by atoms with Crippen LogP contribution < -0.4 is 19.6 Å². The minimum Gasteiger partial charge on any atom is -0.469 e. The highest BCUT2D eigenvalue weighted by atomic mass is 32.1. The summed E-state index contributed by atoms with van der Waals surface area (Å²) in [5.41, 5.74) is -0.213. The van der Waals surface area contributed by atoms with Gasteiger partial charge < -0.3 is 9.47 Å². The number of carbonyl (C=O) groups excluding carboxylic acids is 1. The van der Waals surface area contributed by atoms with Gasteiger partial charge in [0.25, 0.3) is 11.2 Å². The van der Waals surface area contributed by atoms with E-state index in [4.69, 9.17) is 9.47 Å². The maximum absolute atomic E-state index is 13.4. The van der Waals surface area contributed by atoms with Crippen LogP contribution in [0, 0.1) is 16.0 Å². The van der Waals surface area contributed by atoms with Crippen LogP contribution in [0.2, 0.25) is 0 Å². The molecule has 0 spiro atoms.